The molecule has 1 radical (unpaired) electrons. The summed E-state index contributed by atoms with van der Waals surface area (Å²) in [6.07, 6.45) is 3.27. The van der Waals surface area contributed by atoms with Crippen molar-refractivity contribution < 1.29 is 55.5 Å². The second-order valence-electron chi connectivity index (χ2n) is 10.9. The molecule has 0 amide bonds. The minimum Gasteiger partial charge on any atom is -0.613 e. The third kappa shape index (κ3) is 9.59. The van der Waals surface area contributed by atoms with Crippen LogP contribution in [0.1, 0.15) is 69.2 Å². The van der Waals surface area contributed by atoms with Gasteiger partial charge in [0.1, 0.15) is 10.3 Å². The number of allylic oxidation sites excluding steroid dienone is 8. The molecule has 0 aromatic rings. The van der Waals surface area contributed by atoms with Crippen molar-refractivity contribution in [2.45, 2.75) is 69.2 Å². The number of hydrogen-bond donors (Lipinski definition) is 0. The number of hydrogen-bond acceptors (Lipinski definition) is 12. The minimum atomic E-state index is -0.489. The van der Waals surface area contributed by atoms with E-state index in [9.17, 15) is 19.8 Å². The molecular formula is C36H40Cl2CoN4O8. The summed E-state index contributed by atoms with van der Waals surface area (Å²) in [6, 6.07) is 0. The Morgan fingerprint density at radius 1 is 0.569 bits per heavy atom. The van der Waals surface area contributed by atoms with Gasteiger partial charge in [0.25, 0.3) is 0 Å². The topological polar surface area (TPSA) is 167 Å². The van der Waals surface area contributed by atoms with Gasteiger partial charge in [-0.3, -0.25) is 9.98 Å². The first-order chi connectivity index (χ1) is 23.6. The Morgan fingerprint density at radius 3 is 1.18 bits per heavy atom. The summed E-state index contributed by atoms with van der Waals surface area (Å²) in [5.41, 5.74) is 6.88. The number of halogens is 2. The molecule has 0 aromatic carbocycles. The third-order valence-corrected chi connectivity index (χ3v) is 8.34. The van der Waals surface area contributed by atoms with E-state index in [2.05, 4.69) is 20.0 Å². The quantitative estimate of drug-likeness (QED) is 0.159. The minimum absolute atomic E-state index is 0. The van der Waals surface area contributed by atoms with Gasteiger partial charge in [-0.05, 0) is 103 Å². The van der Waals surface area contributed by atoms with Gasteiger partial charge in [-0.25, -0.2) is 19.6 Å². The van der Waals surface area contributed by atoms with Crippen molar-refractivity contribution in [1.29, 1.82) is 0 Å². The fraction of sp³-hybridized carbons (Fsp3) is 0.389. The van der Waals surface area contributed by atoms with Crippen molar-refractivity contribution in [1.82, 2.24) is 0 Å². The molecule has 0 atom stereocenters. The second-order valence-corrected chi connectivity index (χ2v) is 11.6. The summed E-state index contributed by atoms with van der Waals surface area (Å²) in [6.45, 7) is 18.5. The fourth-order valence-corrected chi connectivity index (χ4v) is 5.57. The zero-order valence-corrected chi connectivity index (χ0v) is 32.7. The van der Waals surface area contributed by atoms with Crippen LogP contribution in [0.5, 0.6) is 0 Å². The van der Waals surface area contributed by atoms with Crippen LogP contribution in [0.3, 0.4) is 0 Å². The van der Waals surface area contributed by atoms with E-state index in [1.54, 1.807) is 81.4 Å². The largest absolute Gasteiger partial charge is 2.00 e. The van der Waals surface area contributed by atoms with Gasteiger partial charge in [0.15, 0.2) is 0 Å². The molecule has 0 fully saturated rings. The molecule has 12 nitrogen and oxygen atoms in total. The maximum Gasteiger partial charge on any atom is 2.00 e. The summed E-state index contributed by atoms with van der Waals surface area (Å²) in [5, 5.41) is 24.9. The molecule has 0 bridgehead atoms. The first kappa shape index (κ1) is 43.0. The van der Waals surface area contributed by atoms with Gasteiger partial charge in [-0.15, -0.1) is 0 Å². The predicted molar refractivity (Wildman–Crippen MR) is 190 cm³/mol. The SMILES string of the molecule is CCOC(=O)C1=C(C)C(=CC2=NC(Cl)=C(C)/C2=C(/[O-])OCC)N=C1C.CCOC(=O)C1=C(C)C(=CC2=NC(Cl)=C(C)/C2=C(/[O-])OCC)N=C1C.[Co+2]. The molecule has 4 aliphatic rings. The molecule has 51 heavy (non-hydrogen) atoms. The molecule has 0 N–H and O–H groups in total. The van der Waals surface area contributed by atoms with Crippen LogP contribution in [0.15, 0.2) is 110 Å². The summed E-state index contributed by atoms with van der Waals surface area (Å²) in [5.74, 6) is -1.81. The smallest absolute Gasteiger partial charge is 0.613 e. The first-order valence-corrected chi connectivity index (χ1v) is 16.7. The van der Waals surface area contributed by atoms with E-state index in [-0.39, 0.29) is 53.5 Å². The second kappa shape index (κ2) is 18.9. The first-order valence-electron chi connectivity index (χ1n) is 15.9. The van der Waals surface area contributed by atoms with E-state index in [1.807, 2.05) is 0 Å². The van der Waals surface area contributed by atoms with Crippen LogP contribution >= 0.6 is 23.2 Å². The molecule has 0 unspecified atom stereocenters. The van der Waals surface area contributed by atoms with E-state index >= 15 is 0 Å². The van der Waals surface area contributed by atoms with Crippen LogP contribution in [0.25, 0.3) is 0 Å². The molecule has 0 saturated heterocycles. The normalized spacial score (nSPS) is 20.5. The number of nitrogens with zero attached hydrogens (tertiary/aromatic N) is 4. The van der Waals surface area contributed by atoms with Gasteiger partial charge in [0.05, 0.1) is 70.5 Å². The van der Waals surface area contributed by atoms with Crippen molar-refractivity contribution in [3.8, 4) is 0 Å². The van der Waals surface area contributed by atoms with Crippen molar-refractivity contribution in [3.63, 3.8) is 0 Å². The number of esters is 2. The van der Waals surface area contributed by atoms with E-state index in [4.69, 9.17) is 42.1 Å². The van der Waals surface area contributed by atoms with Gasteiger partial charge in [0.2, 0.25) is 0 Å². The van der Waals surface area contributed by atoms with Crippen LogP contribution < -0.4 is 10.2 Å². The van der Waals surface area contributed by atoms with Crippen LogP contribution in [-0.2, 0) is 45.3 Å². The number of aliphatic imine (C=N–C) groups is 4. The fourth-order valence-electron chi connectivity index (χ4n) is 5.20. The molecule has 4 heterocycles. The summed E-state index contributed by atoms with van der Waals surface area (Å²) >= 11 is 12.2. The Morgan fingerprint density at radius 2 is 0.882 bits per heavy atom. The zero-order chi connectivity index (χ0) is 37.4. The number of carbonyl (C=O) groups is 2. The Hall–Kier alpha value is -4.17. The molecule has 0 spiro atoms. The van der Waals surface area contributed by atoms with Crippen molar-refractivity contribution in [2.24, 2.45) is 20.0 Å². The average Bonchev–Trinajstić information content (AvgIpc) is 3.69. The third-order valence-electron chi connectivity index (χ3n) is 7.60. The standard InChI is InChI=1S/2C18H21ClN2O4.Co/c2*1-6-24-17(22)14-9(3)12(20-11(14)5)8-13-15(18(23)25-7-2)10(4)16(19)21-13;/h2*8,23H,6-7H2,1-5H3;/q;;+2/p-2/b2*12-8?,18-15+;. The van der Waals surface area contributed by atoms with Gasteiger partial charge in [-0.2, -0.15) is 0 Å². The van der Waals surface area contributed by atoms with Crippen LogP contribution in [0, 0.1) is 0 Å². The van der Waals surface area contributed by atoms with Crippen LogP contribution in [-0.4, -0.2) is 61.2 Å². The molecule has 0 saturated carbocycles. The molecule has 15 heteroatoms. The van der Waals surface area contributed by atoms with Gasteiger partial charge in [-0.1, -0.05) is 37.0 Å². The molecule has 4 rings (SSSR count). The van der Waals surface area contributed by atoms with Gasteiger partial charge < -0.3 is 29.2 Å². The van der Waals surface area contributed by atoms with Crippen molar-refractivity contribution in [3.05, 3.63) is 90.3 Å². The molecule has 275 valence electrons. The van der Waals surface area contributed by atoms with Crippen LogP contribution in [0.2, 0.25) is 0 Å². The molecule has 0 aromatic heterocycles. The van der Waals surface area contributed by atoms with Gasteiger partial charge in [0, 0.05) is 11.1 Å². The van der Waals surface area contributed by atoms with E-state index in [0.29, 0.717) is 78.8 Å². The predicted octanol–water partition coefficient (Wildman–Crippen LogP) is 5.51. The zero-order valence-electron chi connectivity index (χ0n) is 30.1. The van der Waals surface area contributed by atoms with Crippen LogP contribution in [0.4, 0.5) is 0 Å². The van der Waals surface area contributed by atoms with Crippen molar-refractivity contribution >= 4 is 58.0 Å². The Kier molecular flexibility index (Phi) is 15.9. The number of rotatable bonds is 10. The Labute approximate surface area is 318 Å². The van der Waals surface area contributed by atoms with Gasteiger partial charge >= 0.3 is 28.7 Å². The van der Waals surface area contributed by atoms with Crippen molar-refractivity contribution in [2.75, 3.05) is 26.4 Å². The Balaban J connectivity index is 0.000000347. The summed E-state index contributed by atoms with van der Waals surface area (Å²) in [4.78, 5) is 41.4. The maximum atomic E-state index is 12.2. The number of ether oxygens (including phenoxy) is 4. The average molecular weight is 787 g/mol. The molecule has 0 aliphatic carbocycles. The maximum absolute atomic E-state index is 12.2. The Bertz CT molecular complexity index is 1740. The van der Waals surface area contributed by atoms with E-state index in [0.717, 1.165) is 0 Å². The summed E-state index contributed by atoms with van der Waals surface area (Å²) in [7, 11) is 0. The molecular weight excluding hydrogens is 746 g/mol. The monoisotopic (exact) mass is 785 g/mol. The van der Waals surface area contributed by atoms with E-state index in [1.165, 1.54) is 0 Å². The summed E-state index contributed by atoms with van der Waals surface area (Å²) < 4.78 is 20.3. The molecule has 4 aliphatic heterocycles. The van der Waals surface area contributed by atoms with E-state index < -0.39 is 23.8 Å². The number of carbonyl (C=O) groups excluding carboxylic acids is 2.